The van der Waals surface area contributed by atoms with Crippen LogP contribution < -0.4 is 0 Å². The van der Waals surface area contributed by atoms with Crippen LogP contribution in [0.4, 0.5) is 0 Å². The van der Waals surface area contributed by atoms with Crippen LogP contribution in [0.25, 0.3) is 0 Å². The van der Waals surface area contributed by atoms with Gasteiger partial charge in [0.05, 0.1) is 23.4 Å². The highest BCUT2D eigenvalue weighted by molar-refractivity contribution is 6.74. The van der Waals surface area contributed by atoms with E-state index in [4.69, 9.17) is 9.16 Å². The Morgan fingerprint density at radius 2 is 1.85 bits per heavy atom. The summed E-state index contributed by atoms with van der Waals surface area (Å²) in [6, 6.07) is 0. The minimum absolute atomic E-state index is 0.103. The molecule has 0 unspecified atom stereocenters. The van der Waals surface area contributed by atoms with Gasteiger partial charge in [-0.05, 0) is 61.6 Å². The molecule has 1 saturated carbocycles. The Balaban J connectivity index is 2.01. The number of hydrogen-bond donors (Lipinski definition) is 1. The summed E-state index contributed by atoms with van der Waals surface area (Å²) in [7, 11) is -1.90. The Morgan fingerprint density at radius 1 is 1.23 bits per heavy atom. The molecule has 0 aromatic heterocycles. The summed E-state index contributed by atoms with van der Waals surface area (Å²) in [5, 5.41) is 11.7. The molecule has 26 heavy (non-hydrogen) atoms. The lowest BCUT2D eigenvalue weighted by atomic mass is 9.69. The molecule has 2 bridgehead atoms. The van der Waals surface area contributed by atoms with Gasteiger partial charge in [0.2, 0.25) is 0 Å². The second kappa shape index (κ2) is 6.30. The molecule has 0 aromatic carbocycles. The Hall–Kier alpha value is 0.0969. The highest BCUT2D eigenvalue weighted by Gasteiger charge is 2.70. The van der Waals surface area contributed by atoms with Crippen molar-refractivity contribution < 1.29 is 14.3 Å². The van der Waals surface area contributed by atoms with Gasteiger partial charge in [0, 0.05) is 6.42 Å². The van der Waals surface area contributed by atoms with E-state index in [1.807, 2.05) is 0 Å². The fourth-order valence-electron chi connectivity index (χ4n) is 5.95. The van der Waals surface area contributed by atoms with Crippen LogP contribution >= 0.6 is 0 Å². The molecule has 7 atom stereocenters. The maximum Gasteiger partial charge on any atom is 0.192 e. The van der Waals surface area contributed by atoms with Crippen molar-refractivity contribution in [1.29, 1.82) is 0 Å². The van der Waals surface area contributed by atoms with Crippen LogP contribution in [0.5, 0.6) is 0 Å². The van der Waals surface area contributed by atoms with Crippen molar-refractivity contribution in [3.63, 3.8) is 0 Å². The van der Waals surface area contributed by atoms with E-state index in [2.05, 4.69) is 61.6 Å². The highest BCUT2D eigenvalue weighted by atomic mass is 28.4. The summed E-state index contributed by atoms with van der Waals surface area (Å²) in [6.45, 7) is 20.6. The minimum Gasteiger partial charge on any atom is -0.411 e. The quantitative estimate of drug-likeness (QED) is 0.664. The Kier molecular flexibility index (Phi) is 5.04. The van der Waals surface area contributed by atoms with Gasteiger partial charge in [-0.15, -0.1) is 0 Å². The largest absolute Gasteiger partial charge is 0.411 e. The van der Waals surface area contributed by atoms with Gasteiger partial charge in [0.15, 0.2) is 8.32 Å². The van der Waals surface area contributed by atoms with E-state index < -0.39 is 13.9 Å². The van der Waals surface area contributed by atoms with Crippen LogP contribution in [0.3, 0.4) is 0 Å². The third-order valence-electron chi connectivity index (χ3n) is 8.76. The van der Waals surface area contributed by atoms with Crippen molar-refractivity contribution in [3.05, 3.63) is 0 Å². The van der Waals surface area contributed by atoms with Gasteiger partial charge in [-0.3, -0.25) is 0 Å². The number of hydrogen-bond acceptors (Lipinski definition) is 3. The molecule has 1 N–H and O–H groups in total. The third kappa shape index (κ3) is 2.77. The zero-order valence-corrected chi connectivity index (χ0v) is 19.6. The van der Waals surface area contributed by atoms with E-state index in [0.29, 0.717) is 23.7 Å². The van der Waals surface area contributed by atoms with Crippen molar-refractivity contribution >= 4 is 8.32 Å². The van der Waals surface area contributed by atoms with E-state index in [1.165, 1.54) is 12.8 Å². The molecule has 3 nitrogen and oxygen atoms in total. The van der Waals surface area contributed by atoms with Gasteiger partial charge in [0.1, 0.15) is 0 Å². The second-order valence-corrected chi connectivity index (χ2v) is 16.1. The average molecular weight is 383 g/mol. The Labute approximate surface area is 162 Å². The second-order valence-electron chi connectivity index (χ2n) is 11.3. The fourth-order valence-corrected chi connectivity index (χ4v) is 7.33. The van der Waals surface area contributed by atoms with Crippen molar-refractivity contribution in [2.45, 2.75) is 116 Å². The lowest BCUT2D eigenvalue weighted by Gasteiger charge is -2.52. The van der Waals surface area contributed by atoms with Gasteiger partial charge in [-0.25, -0.2) is 0 Å². The Morgan fingerprint density at radius 3 is 2.35 bits per heavy atom. The predicted octanol–water partition coefficient (Wildman–Crippen LogP) is 5.38. The SMILES string of the molecule is CC[C@@H]1CC[C@@H]2[C@@H]1[C@H](O)[C@]1(C(C)C)C[C@@H](O[Si](C)(C)C(C)(C)C)[C@@]2(C)O1. The maximum atomic E-state index is 11.5. The van der Waals surface area contributed by atoms with Crippen LogP contribution in [-0.4, -0.2) is 36.8 Å². The zero-order valence-electron chi connectivity index (χ0n) is 18.6. The van der Waals surface area contributed by atoms with Gasteiger partial charge < -0.3 is 14.3 Å². The van der Waals surface area contributed by atoms with Crippen molar-refractivity contribution in [2.75, 3.05) is 0 Å². The first-order chi connectivity index (χ1) is 11.8. The van der Waals surface area contributed by atoms with Crippen molar-refractivity contribution in [1.82, 2.24) is 0 Å². The van der Waals surface area contributed by atoms with Gasteiger partial charge in [0.25, 0.3) is 0 Å². The molecule has 3 fully saturated rings. The summed E-state index contributed by atoms with van der Waals surface area (Å²) in [5.74, 6) is 1.72. The van der Waals surface area contributed by atoms with Gasteiger partial charge in [-0.2, -0.15) is 0 Å². The summed E-state index contributed by atoms with van der Waals surface area (Å²) in [5.41, 5.74) is -0.700. The number of fused-ring (bicyclic) bond motifs is 4. The molecule has 3 rings (SSSR count). The number of aliphatic hydroxyl groups is 1. The molecule has 2 saturated heterocycles. The van der Waals surface area contributed by atoms with E-state index >= 15 is 0 Å². The smallest absolute Gasteiger partial charge is 0.192 e. The highest BCUT2D eigenvalue weighted by Crippen LogP contribution is 2.63. The third-order valence-corrected chi connectivity index (χ3v) is 13.2. The van der Waals surface area contributed by atoms with Crippen LogP contribution in [0, 0.1) is 23.7 Å². The van der Waals surface area contributed by atoms with Crippen LogP contribution in [0.15, 0.2) is 0 Å². The molecule has 4 heteroatoms. The monoisotopic (exact) mass is 382 g/mol. The van der Waals surface area contributed by atoms with Gasteiger partial charge >= 0.3 is 0 Å². The van der Waals surface area contributed by atoms with E-state index in [0.717, 1.165) is 12.8 Å². The molecule has 152 valence electrons. The van der Waals surface area contributed by atoms with Crippen molar-refractivity contribution in [3.8, 4) is 0 Å². The lowest BCUT2D eigenvalue weighted by molar-refractivity contribution is -0.258. The lowest BCUT2D eigenvalue weighted by Crippen LogP contribution is -2.61. The molecule has 1 aliphatic carbocycles. The van der Waals surface area contributed by atoms with Crippen LogP contribution in [0.2, 0.25) is 18.1 Å². The molecule has 2 aliphatic heterocycles. The first-order valence-corrected chi connectivity index (χ1v) is 13.8. The van der Waals surface area contributed by atoms with E-state index in [9.17, 15) is 5.11 Å². The van der Waals surface area contributed by atoms with E-state index in [1.54, 1.807) is 0 Å². The zero-order chi connectivity index (χ0) is 19.7. The fraction of sp³-hybridized carbons (Fsp3) is 1.00. The molecule has 0 spiro atoms. The molecule has 2 heterocycles. The number of aliphatic hydroxyl groups excluding tert-OH is 1. The topological polar surface area (TPSA) is 38.7 Å². The molecular weight excluding hydrogens is 340 g/mol. The van der Waals surface area contributed by atoms with Gasteiger partial charge in [-0.1, -0.05) is 48.0 Å². The van der Waals surface area contributed by atoms with Crippen LogP contribution in [-0.2, 0) is 9.16 Å². The summed E-state index contributed by atoms with van der Waals surface area (Å²) in [6.07, 6.45) is 4.15. The predicted molar refractivity (Wildman–Crippen MR) is 110 cm³/mol. The summed E-state index contributed by atoms with van der Waals surface area (Å²) in [4.78, 5) is 0. The first-order valence-electron chi connectivity index (χ1n) is 10.9. The van der Waals surface area contributed by atoms with Crippen molar-refractivity contribution in [2.24, 2.45) is 23.7 Å². The molecular formula is C22H42O3Si. The summed E-state index contributed by atoms with van der Waals surface area (Å²) >= 11 is 0. The minimum atomic E-state index is -1.90. The number of rotatable bonds is 4. The first kappa shape index (κ1) is 20.8. The average Bonchev–Trinajstić information content (AvgIpc) is 3.04. The Bertz CT molecular complexity index is 540. The molecule has 0 amide bonds. The molecule has 3 aliphatic rings. The van der Waals surface area contributed by atoms with E-state index in [-0.39, 0.29) is 22.8 Å². The molecule has 0 aromatic rings. The normalized spacial score (nSPS) is 46.0. The van der Waals surface area contributed by atoms with Crippen LogP contribution in [0.1, 0.15) is 74.1 Å². The summed E-state index contributed by atoms with van der Waals surface area (Å²) < 4.78 is 13.9. The standard InChI is InChI=1S/C22H42O3Si/c1-10-15-11-12-16-18(15)19(23)22(14(2)3)13-17(21(16,7)25-22)24-26(8,9)20(4,5)6/h14-19,23H,10-13H2,1-9H3/t15-,16-,17-,18-,19+,21+,22-/m1/s1. The number of ether oxygens (including phenoxy) is 1. The maximum absolute atomic E-state index is 11.5. The molecule has 0 radical (unpaired) electrons.